The molecular formula is C12H21NO4. The maximum atomic E-state index is 11.6. The molecule has 0 bridgehead atoms. The average molecular weight is 243 g/mol. The van der Waals surface area contributed by atoms with Gasteiger partial charge in [-0.15, -0.1) is 0 Å². The predicted octanol–water partition coefficient (Wildman–Crippen LogP) is 0.633. The van der Waals surface area contributed by atoms with Crippen molar-refractivity contribution in [2.75, 3.05) is 19.8 Å². The molecule has 0 aromatic carbocycles. The summed E-state index contributed by atoms with van der Waals surface area (Å²) in [6.07, 6.45) is 2.01. The fraction of sp³-hybridized carbons (Fsp3) is 0.917. The number of hydrogen-bond donors (Lipinski definition) is 2. The Bertz CT molecular complexity index is 286. The number of carbonyl (C=O) groups is 1. The predicted molar refractivity (Wildman–Crippen MR) is 61.9 cm³/mol. The zero-order chi connectivity index (χ0) is 12.5. The second kappa shape index (κ2) is 4.92. The summed E-state index contributed by atoms with van der Waals surface area (Å²) in [5.74, 6) is -0.600. The van der Waals surface area contributed by atoms with E-state index < -0.39 is 11.5 Å². The molecule has 0 radical (unpaired) electrons. The van der Waals surface area contributed by atoms with Crippen LogP contribution in [-0.2, 0) is 14.3 Å². The van der Waals surface area contributed by atoms with Gasteiger partial charge in [0.1, 0.15) is 11.6 Å². The zero-order valence-corrected chi connectivity index (χ0v) is 10.4. The van der Waals surface area contributed by atoms with Gasteiger partial charge in [-0.05, 0) is 32.6 Å². The standard InChI is InChI=1S/C12H21NO4/c1-8(2)13-12(11(14)15,9-3-4-9)7-17-10-5-16-6-10/h8-10,13H,3-7H2,1-2H3,(H,14,15). The summed E-state index contributed by atoms with van der Waals surface area (Å²) in [5.41, 5.74) is -0.913. The minimum absolute atomic E-state index is 0.0708. The molecule has 98 valence electrons. The number of carboxylic acid groups (broad SMARTS) is 1. The van der Waals surface area contributed by atoms with Gasteiger partial charge in [-0.2, -0.15) is 0 Å². The Balaban J connectivity index is 2.00. The fourth-order valence-electron chi connectivity index (χ4n) is 2.23. The van der Waals surface area contributed by atoms with Crippen LogP contribution in [0.5, 0.6) is 0 Å². The van der Waals surface area contributed by atoms with Gasteiger partial charge in [0.15, 0.2) is 0 Å². The molecule has 1 saturated heterocycles. The minimum atomic E-state index is -0.913. The van der Waals surface area contributed by atoms with Crippen molar-refractivity contribution in [3.8, 4) is 0 Å². The molecule has 1 atom stereocenters. The molecule has 0 spiro atoms. The first-order valence-electron chi connectivity index (χ1n) is 6.25. The lowest BCUT2D eigenvalue weighted by Crippen LogP contribution is -2.60. The minimum Gasteiger partial charge on any atom is -0.480 e. The van der Waals surface area contributed by atoms with Crippen LogP contribution >= 0.6 is 0 Å². The van der Waals surface area contributed by atoms with Gasteiger partial charge in [0.2, 0.25) is 0 Å². The summed E-state index contributed by atoms with van der Waals surface area (Å²) in [6.45, 7) is 5.34. The highest BCUT2D eigenvalue weighted by molar-refractivity contribution is 5.80. The van der Waals surface area contributed by atoms with Crippen LogP contribution in [0.4, 0.5) is 0 Å². The Kier molecular flexibility index (Phi) is 3.70. The molecule has 1 aliphatic heterocycles. The van der Waals surface area contributed by atoms with E-state index in [0.717, 1.165) is 12.8 Å². The molecule has 5 heteroatoms. The van der Waals surface area contributed by atoms with Crippen molar-refractivity contribution >= 4 is 5.97 Å². The zero-order valence-electron chi connectivity index (χ0n) is 10.4. The summed E-state index contributed by atoms with van der Waals surface area (Å²) >= 11 is 0. The summed E-state index contributed by atoms with van der Waals surface area (Å²) < 4.78 is 10.7. The van der Waals surface area contributed by atoms with Gasteiger partial charge in [-0.3, -0.25) is 10.1 Å². The number of carboxylic acids is 1. The fourth-order valence-corrected chi connectivity index (χ4v) is 2.23. The number of ether oxygens (including phenoxy) is 2. The van der Waals surface area contributed by atoms with E-state index in [1.165, 1.54) is 0 Å². The van der Waals surface area contributed by atoms with Crippen LogP contribution in [0.25, 0.3) is 0 Å². The van der Waals surface area contributed by atoms with Crippen LogP contribution in [0, 0.1) is 5.92 Å². The SMILES string of the molecule is CC(C)NC(COC1COC1)(C(=O)O)C1CC1. The van der Waals surface area contributed by atoms with Crippen LogP contribution in [0.15, 0.2) is 0 Å². The average Bonchev–Trinajstić information content (AvgIpc) is 2.95. The Morgan fingerprint density at radius 2 is 2.18 bits per heavy atom. The van der Waals surface area contributed by atoms with Crippen molar-refractivity contribution < 1.29 is 19.4 Å². The first-order valence-corrected chi connectivity index (χ1v) is 6.25. The Morgan fingerprint density at radius 1 is 1.53 bits per heavy atom. The van der Waals surface area contributed by atoms with Crippen LogP contribution in [0.2, 0.25) is 0 Å². The van der Waals surface area contributed by atoms with E-state index in [1.54, 1.807) is 0 Å². The maximum absolute atomic E-state index is 11.6. The van der Waals surface area contributed by atoms with Crippen molar-refractivity contribution in [1.29, 1.82) is 0 Å². The quantitative estimate of drug-likeness (QED) is 0.686. The van der Waals surface area contributed by atoms with Gasteiger partial charge in [-0.1, -0.05) is 0 Å². The molecule has 1 unspecified atom stereocenters. The summed E-state index contributed by atoms with van der Waals surface area (Å²) in [6, 6.07) is 0.132. The molecule has 2 N–H and O–H groups in total. The van der Waals surface area contributed by atoms with Crippen LogP contribution < -0.4 is 5.32 Å². The topological polar surface area (TPSA) is 67.8 Å². The first kappa shape index (κ1) is 12.8. The third-order valence-electron chi connectivity index (χ3n) is 3.36. The lowest BCUT2D eigenvalue weighted by atomic mass is 9.93. The maximum Gasteiger partial charge on any atom is 0.326 e. The van der Waals surface area contributed by atoms with E-state index in [0.29, 0.717) is 13.2 Å². The first-order chi connectivity index (χ1) is 8.04. The Morgan fingerprint density at radius 3 is 2.53 bits per heavy atom. The third kappa shape index (κ3) is 2.78. The number of hydrogen-bond acceptors (Lipinski definition) is 4. The van der Waals surface area contributed by atoms with E-state index in [4.69, 9.17) is 9.47 Å². The van der Waals surface area contributed by atoms with Gasteiger partial charge >= 0.3 is 5.97 Å². The number of rotatable bonds is 7. The number of aliphatic carboxylic acids is 1. The highest BCUT2D eigenvalue weighted by Crippen LogP contribution is 2.40. The van der Waals surface area contributed by atoms with Crippen molar-refractivity contribution in [2.45, 2.75) is 44.4 Å². The van der Waals surface area contributed by atoms with Crippen LogP contribution in [0.1, 0.15) is 26.7 Å². The molecule has 17 heavy (non-hydrogen) atoms. The molecule has 0 amide bonds. The summed E-state index contributed by atoms with van der Waals surface area (Å²) in [7, 11) is 0. The molecular weight excluding hydrogens is 222 g/mol. The van der Waals surface area contributed by atoms with Crippen LogP contribution in [0.3, 0.4) is 0 Å². The summed E-state index contributed by atoms with van der Waals surface area (Å²) in [5, 5.41) is 12.7. The second-order valence-electron chi connectivity index (χ2n) is 5.32. The normalized spacial score (nSPS) is 24.4. The van der Waals surface area contributed by atoms with E-state index in [2.05, 4.69) is 5.32 Å². The van der Waals surface area contributed by atoms with E-state index >= 15 is 0 Å². The lowest BCUT2D eigenvalue weighted by molar-refractivity contribution is -0.164. The van der Waals surface area contributed by atoms with Gasteiger partial charge in [0.25, 0.3) is 0 Å². The molecule has 2 fully saturated rings. The van der Waals surface area contributed by atoms with Crippen LogP contribution in [-0.4, -0.2) is 48.6 Å². The van der Waals surface area contributed by atoms with E-state index in [1.807, 2.05) is 13.8 Å². The van der Waals surface area contributed by atoms with Crippen molar-refractivity contribution in [2.24, 2.45) is 5.92 Å². The smallest absolute Gasteiger partial charge is 0.326 e. The molecule has 1 heterocycles. The highest BCUT2D eigenvalue weighted by Gasteiger charge is 2.52. The largest absolute Gasteiger partial charge is 0.480 e. The molecule has 2 rings (SSSR count). The monoisotopic (exact) mass is 243 g/mol. The molecule has 0 aromatic rings. The molecule has 2 aliphatic rings. The van der Waals surface area contributed by atoms with Crippen molar-refractivity contribution in [1.82, 2.24) is 5.32 Å². The summed E-state index contributed by atoms with van der Waals surface area (Å²) in [4.78, 5) is 11.6. The van der Waals surface area contributed by atoms with Gasteiger partial charge < -0.3 is 14.6 Å². The molecule has 1 saturated carbocycles. The van der Waals surface area contributed by atoms with Crippen molar-refractivity contribution in [3.63, 3.8) is 0 Å². The highest BCUT2D eigenvalue weighted by atomic mass is 16.6. The number of nitrogens with one attached hydrogen (secondary N) is 1. The Labute approximate surface area is 101 Å². The van der Waals surface area contributed by atoms with Gasteiger partial charge in [-0.25, -0.2) is 0 Å². The Hall–Kier alpha value is -0.650. The van der Waals surface area contributed by atoms with Gasteiger partial charge in [0, 0.05) is 6.04 Å². The van der Waals surface area contributed by atoms with E-state index in [9.17, 15) is 9.90 Å². The second-order valence-corrected chi connectivity index (χ2v) is 5.32. The molecule has 5 nitrogen and oxygen atoms in total. The third-order valence-corrected chi connectivity index (χ3v) is 3.36. The van der Waals surface area contributed by atoms with Crippen molar-refractivity contribution in [3.05, 3.63) is 0 Å². The van der Waals surface area contributed by atoms with Gasteiger partial charge in [0.05, 0.1) is 19.8 Å². The lowest BCUT2D eigenvalue weighted by Gasteiger charge is -2.35. The van der Waals surface area contributed by atoms with E-state index in [-0.39, 0.29) is 24.7 Å². The molecule has 0 aromatic heterocycles. The molecule has 1 aliphatic carbocycles.